The molecule has 0 aliphatic carbocycles. The van der Waals surface area contributed by atoms with E-state index < -0.39 is 0 Å². The summed E-state index contributed by atoms with van der Waals surface area (Å²) in [6.45, 7) is 6.38. The van der Waals surface area contributed by atoms with Gasteiger partial charge in [0.2, 0.25) is 5.91 Å². The van der Waals surface area contributed by atoms with Gasteiger partial charge in [0.15, 0.2) is 0 Å². The maximum Gasteiger partial charge on any atom is 0.220 e. The molecule has 88 valence electrons. The third-order valence-electron chi connectivity index (χ3n) is 2.89. The number of nitrogens with one attached hydrogen (secondary N) is 1. The molecule has 1 aromatic rings. The summed E-state index contributed by atoms with van der Waals surface area (Å²) < 4.78 is 1.97. The molecule has 0 bridgehead atoms. The standard InChI is InChI=1S/C12H19N3O/c1-12(2,3)15-8-9(7-13-15)6-10-4-5-11(16)14-10/h7-8,10H,4-6H2,1-3H3,(H,14,16). The zero-order valence-corrected chi connectivity index (χ0v) is 10.2. The van der Waals surface area contributed by atoms with Crippen LogP contribution in [0.2, 0.25) is 0 Å². The van der Waals surface area contributed by atoms with Crippen molar-refractivity contribution in [2.75, 3.05) is 0 Å². The topological polar surface area (TPSA) is 46.9 Å². The van der Waals surface area contributed by atoms with Gasteiger partial charge in [0.25, 0.3) is 0 Å². The van der Waals surface area contributed by atoms with E-state index in [2.05, 4.69) is 37.4 Å². The molecule has 2 heterocycles. The lowest BCUT2D eigenvalue weighted by Crippen LogP contribution is -2.27. The summed E-state index contributed by atoms with van der Waals surface area (Å²) in [6.07, 6.45) is 6.47. The van der Waals surface area contributed by atoms with E-state index in [1.165, 1.54) is 5.56 Å². The lowest BCUT2D eigenvalue weighted by Gasteiger charge is -2.18. The Morgan fingerprint density at radius 1 is 1.56 bits per heavy atom. The van der Waals surface area contributed by atoms with E-state index >= 15 is 0 Å². The van der Waals surface area contributed by atoms with Crippen LogP contribution in [0.3, 0.4) is 0 Å². The Labute approximate surface area is 96.0 Å². The molecule has 4 heteroatoms. The summed E-state index contributed by atoms with van der Waals surface area (Å²) in [5, 5.41) is 7.33. The molecule has 0 aromatic carbocycles. The van der Waals surface area contributed by atoms with E-state index in [-0.39, 0.29) is 11.4 Å². The van der Waals surface area contributed by atoms with Crippen LogP contribution in [0.1, 0.15) is 39.2 Å². The van der Waals surface area contributed by atoms with Gasteiger partial charge in [-0.1, -0.05) is 0 Å². The van der Waals surface area contributed by atoms with E-state index in [0.717, 1.165) is 12.8 Å². The van der Waals surface area contributed by atoms with Crippen molar-refractivity contribution in [1.82, 2.24) is 15.1 Å². The lowest BCUT2D eigenvalue weighted by atomic mass is 10.1. The Morgan fingerprint density at radius 2 is 2.31 bits per heavy atom. The minimum Gasteiger partial charge on any atom is -0.353 e. The SMILES string of the molecule is CC(C)(C)n1cc(CC2CCC(=O)N2)cn1. The van der Waals surface area contributed by atoms with Gasteiger partial charge in [-0.25, -0.2) is 0 Å². The maximum atomic E-state index is 11.1. The van der Waals surface area contributed by atoms with Gasteiger partial charge in [-0.3, -0.25) is 9.48 Å². The fourth-order valence-corrected chi connectivity index (χ4v) is 1.95. The van der Waals surface area contributed by atoms with E-state index in [1.54, 1.807) is 0 Å². The Balaban J connectivity index is 2.00. The Hall–Kier alpha value is -1.32. The molecule has 0 spiro atoms. The van der Waals surface area contributed by atoms with Crippen LogP contribution in [0.5, 0.6) is 0 Å². The highest BCUT2D eigenvalue weighted by Gasteiger charge is 2.22. The van der Waals surface area contributed by atoms with Gasteiger partial charge in [0, 0.05) is 18.7 Å². The van der Waals surface area contributed by atoms with Gasteiger partial charge in [0.1, 0.15) is 0 Å². The summed E-state index contributed by atoms with van der Waals surface area (Å²) in [4.78, 5) is 11.1. The van der Waals surface area contributed by atoms with Crippen molar-refractivity contribution in [2.45, 2.75) is 51.6 Å². The third-order valence-corrected chi connectivity index (χ3v) is 2.89. The van der Waals surface area contributed by atoms with Crippen LogP contribution in [0, 0.1) is 0 Å². The van der Waals surface area contributed by atoms with Gasteiger partial charge in [-0.05, 0) is 39.2 Å². The highest BCUT2D eigenvalue weighted by atomic mass is 16.1. The lowest BCUT2D eigenvalue weighted by molar-refractivity contribution is -0.119. The first kappa shape index (κ1) is 11.2. The molecular weight excluding hydrogens is 202 g/mol. The molecule has 1 atom stereocenters. The Morgan fingerprint density at radius 3 is 2.81 bits per heavy atom. The second kappa shape index (κ2) is 3.92. The molecule has 1 amide bonds. The molecule has 4 nitrogen and oxygen atoms in total. The number of rotatable bonds is 2. The molecule has 1 unspecified atom stereocenters. The molecule has 1 aromatic heterocycles. The third kappa shape index (κ3) is 2.43. The van der Waals surface area contributed by atoms with Gasteiger partial charge < -0.3 is 5.32 Å². The van der Waals surface area contributed by atoms with Crippen molar-refractivity contribution < 1.29 is 4.79 Å². The Kier molecular flexibility index (Phi) is 2.74. The van der Waals surface area contributed by atoms with Crippen molar-refractivity contribution in [3.05, 3.63) is 18.0 Å². The molecule has 1 saturated heterocycles. The molecule has 0 radical (unpaired) electrons. The van der Waals surface area contributed by atoms with Crippen molar-refractivity contribution in [3.8, 4) is 0 Å². The van der Waals surface area contributed by atoms with Gasteiger partial charge in [0.05, 0.1) is 11.7 Å². The summed E-state index contributed by atoms with van der Waals surface area (Å²) in [5.74, 6) is 0.174. The molecule has 0 saturated carbocycles. The van der Waals surface area contributed by atoms with E-state index in [0.29, 0.717) is 12.5 Å². The van der Waals surface area contributed by atoms with E-state index in [1.807, 2.05) is 10.9 Å². The highest BCUT2D eigenvalue weighted by molar-refractivity contribution is 5.78. The zero-order valence-electron chi connectivity index (χ0n) is 10.2. The van der Waals surface area contributed by atoms with Crippen LogP contribution < -0.4 is 5.32 Å². The predicted molar refractivity (Wildman–Crippen MR) is 62.1 cm³/mol. The monoisotopic (exact) mass is 221 g/mol. The molecule has 1 aliphatic heterocycles. The number of hydrogen-bond acceptors (Lipinski definition) is 2. The first-order chi connectivity index (χ1) is 7.45. The molecular formula is C12H19N3O. The summed E-state index contributed by atoms with van der Waals surface area (Å²) in [6, 6.07) is 0.296. The fourth-order valence-electron chi connectivity index (χ4n) is 1.95. The normalized spacial score (nSPS) is 21.2. The first-order valence-electron chi connectivity index (χ1n) is 5.78. The number of aromatic nitrogens is 2. The van der Waals surface area contributed by atoms with Gasteiger partial charge in [-0.2, -0.15) is 5.10 Å². The molecule has 1 fully saturated rings. The summed E-state index contributed by atoms with van der Waals surface area (Å²) in [7, 11) is 0. The number of amides is 1. The molecule has 1 aliphatic rings. The molecule has 1 N–H and O–H groups in total. The van der Waals surface area contributed by atoms with Crippen LogP contribution in [0.25, 0.3) is 0 Å². The second-order valence-corrected chi connectivity index (χ2v) is 5.47. The van der Waals surface area contributed by atoms with Crippen LogP contribution in [0.4, 0.5) is 0 Å². The average Bonchev–Trinajstić information content (AvgIpc) is 2.74. The van der Waals surface area contributed by atoms with E-state index in [9.17, 15) is 4.79 Å². The van der Waals surface area contributed by atoms with Crippen LogP contribution in [-0.4, -0.2) is 21.7 Å². The molecule has 2 rings (SSSR count). The largest absolute Gasteiger partial charge is 0.353 e. The summed E-state index contributed by atoms with van der Waals surface area (Å²) >= 11 is 0. The molecule has 16 heavy (non-hydrogen) atoms. The number of carbonyl (C=O) groups is 1. The predicted octanol–water partition coefficient (Wildman–Crippen LogP) is 1.46. The smallest absolute Gasteiger partial charge is 0.220 e. The number of hydrogen-bond donors (Lipinski definition) is 1. The van der Waals surface area contributed by atoms with Crippen molar-refractivity contribution in [2.24, 2.45) is 0 Å². The minimum atomic E-state index is 0.0250. The van der Waals surface area contributed by atoms with Crippen molar-refractivity contribution in [1.29, 1.82) is 0 Å². The maximum absolute atomic E-state index is 11.1. The van der Waals surface area contributed by atoms with Crippen molar-refractivity contribution in [3.63, 3.8) is 0 Å². The quantitative estimate of drug-likeness (QED) is 0.821. The van der Waals surface area contributed by atoms with Crippen molar-refractivity contribution >= 4 is 5.91 Å². The minimum absolute atomic E-state index is 0.0250. The summed E-state index contributed by atoms with van der Waals surface area (Å²) in [5.41, 5.74) is 1.22. The highest BCUT2D eigenvalue weighted by Crippen LogP contribution is 2.16. The van der Waals surface area contributed by atoms with Gasteiger partial charge >= 0.3 is 0 Å². The second-order valence-electron chi connectivity index (χ2n) is 5.47. The van der Waals surface area contributed by atoms with Crippen LogP contribution in [0.15, 0.2) is 12.4 Å². The first-order valence-corrected chi connectivity index (χ1v) is 5.78. The number of carbonyl (C=O) groups excluding carboxylic acids is 1. The van der Waals surface area contributed by atoms with E-state index in [4.69, 9.17) is 0 Å². The fraction of sp³-hybridized carbons (Fsp3) is 0.667. The van der Waals surface area contributed by atoms with Crippen LogP contribution >= 0.6 is 0 Å². The zero-order chi connectivity index (χ0) is 11.8. The van der Waals surface area contributed by atoms with Crippen LogP contribution in [-0.2, 0) is 16.8 Å². The van der Waals surface area contributed by atoms with Gasteiger partial charge in [-0.15, -0.1) is 0 Å². The number of nitrogens with zero attached hydrogens (tertiary/aromatic N) is 2. The average molecular weight is 221 g/mol. The Bertz CT molecular complexity index is 389.